The number of aliphatic hydroxyl groups excluding tert-OH is 1. The van der Waals surface area contributed by atoms with E-state index in [0.717, 1.165) is 4.47 Å². The lowest BCUT2D eigenvalue weighted by Gasteiger charge is -2.11. The van der Waals surface area contributed by atoms with Crippen LogP contribution in [0.1, 0.15) is 5.56 Å². The average molecular weight is 403 g/mol. The summed E-state index contributed by atoms with van der Waals surface area (Å²) < 4.78 is 7.05. The van der Waals surface area contributed by atoms with Crippen LogP contribution < -0.4 is 4.74 Å². The molecule has 0 atom stereocenters. The van der Waals surface area contributed by atoms with Gasteiger partial charge in [0.25, 0.3) is 5.69 Å². The van der Waals surface area contributed by atoms with E-state index in [1.54, 1.807) is 24.3 Å². The molecule has 0 amide bonds. The molecule has 0 spiro atoms. The van der Waals surface area contributed by atoms with Gasteiger partial charge in [0.2, 0.25) is 0 Å². The van der Waals surface area contributed by atoms with Crippen LogP contribution in [-0.2, 0) is 6.61 Å². The van der Waals surface area contributed by atoms with Crippen LogP contribution in [0, 0.1) is 10.1 Å². The topological polar surface area (TPSA) is 72.6 Å². The van der Waals surface area contributed by atoms with Crippen molar-refractivity contribution in [2.75, 3.05) is 0 Å². The van der Waals surface area contributed by atoms with Crippen LogP contribution in [0.25, 0.3) is 0 Å². The van der Waals surface area contributed by atoms with Crippen molar-refractivity contribution in [1.29, 1.82) is 0 Å². The zero-order valence-electron chi connectivity index (χ0n) is 10.0. The molecule has 0 aromatic heterocycles. The van der Waals surface area contributed by atoms with E-state index in [1.165, 1.54) is 12.1 Å². The lowest BCUT2D eigenvalue weighted by Crippen LogP contribution is -1.94. The third kappa shape index (κ3) is 3.36. The second kappa shape index (κ2) is 6.34. The van der Waals surface area contributed by atoms with Crippen LogP contribution >= 0.6 is 31.9 Å². The van der Waals surface area contributed by atoms with Gasteiger partial charge in [-0.2, -0.15) is 0 Å². The lowest BCUT2D eigenvalue weighted by atomic mass is 10.2. The molecular weight excluding hydrogens is 394 g/mol. The summed E-state index contributed by atoms with van der Waals surface area (Å²) in [6, 6.07) is 9.42. The fourth-order valence-corrected chi connectivity index (χ4v) is 2.31. The van der Waals surface area contributed by atoms with Crippen LogP contribution in [0.2, 0.25) is 0 Å². The predicted octanol–water partition coefficient (Wildman–Crippen LogP) is 4.40. The van der Waals surface area contributed by atoms with E-state index >= 15 is 0 Å². The molecule has 0 radical (unpaired) electrons. The first kappa shape index (κ1) is 15.0. The number of nitro benzene ring substituents is 1. The minimum Gasteiger partial charge on any atom is -0.456 e. The van der Waals surface area contributed by atoms with Crippen molar-refractivity contribution in [3.8, 4) is 11.5 Å². The number of nitrogens with zero attached hydrogens (tertiary/aromatic N) is 1. The van der Waals surface area contributed by atoms with E-state index in [-0.39, 0.29) is 12.3 Å². The van der Waals surface area contributed by atoms with Crippen molar-refractivity contribution in [2.24, 2.45) is 0 Å². The maximum Gasteiger partial charge on any atom is 0.273 e. The zero-order chi connectivity index (χ0) is 14.7. The molecule has 0 aliphatic heterocycles. The number of non-ortho nitro benzene ring substituents is 1. The van der Waals surface area contributed by atoms with Crippen molar-refractivity contribution in [3.63, 3.8) is 0 Å². The Bertz CT molecular complexity index is 661. The molecule has 0 fully saturated rings. The fraction of sp³-hybridized carbons (Fsp3) is 0.0769. The Morgan fingerprint density at radius 1 is 1.15 bits per heavy atom. The number of halogens is 2. The molecule has 0 heterocycles. The first-order valence-corrected chi connectivity index (χ1v) is 7.11. The number of hydrogen-bond acceptors (Lipinski definition) is 4. The van der Waals surface area contributed by atoms with Crippen LogP contribution in [0.15, 0.2) is 45.3 Å². The Morgan fingerprint density at radius 2 is 1.90 bits per heavy atom. The van der Waals surface area contributed by atoms with Gasteiger partial charge in [-0.15, -0.1) is 0 Å². The van der Waals surface area contributed by atoms with Gasteiger partial charge in [-0.05, 0) is 40.2 Å². The molecule has 2 aromatic carbocycles. The molecule has 0 unspecified atom stereocenters. The summed E-state index contributed by atoms with van der Waals surface area (Å²) >= 11 is 6.58. The van der Waals surface area contributed by atoms with Gasteiger partial charge in [0.15, 0.2) is 0 Å². The highest BCUT2D eigenvalue weighted by molar-refractivity contribution is 9.10. The molecule has 20 heavy (non-hydrogen) atoms. The van der Waals surface area contributed by atoms with Gasteiger partial charge < -0.3 is 9.84 Å². The summed E-state index contributed by atoms with van der Waals surface area (Å²) in [7, 11) is 0. The minimum absolute atomic E-state index is 0.0640. The Morgan fingerprint density at radius 3 is 2.55 bits per heavy atom. The van der Waals surface area contributed by atoms with Crippen LogP contribution in [0.3, 0.4) is 0 Å². The number of aliphatic hydroxyl groups is 1. The van der Waals surface area contributed by atoms with Crippen molar-refractivity contribution >= 4 is 37.5 Å². The van der Waals surface area contributed by atoms with E-state index in [0.29, 0.717) is 21.5 Å². The van der Waals surface area contributed by atoms with Gasteiger partial charge in [0.1, 0.15) is 11.5 Å². The molecule has 0 saturated heterocycles. The minimum atomic E-state index is -0.492. The summed E-state index contributed by atoms with van der Waals surface area (Å²) in [5, 5.41) is 20.1. The Kier molecular flexibility index (Phi) is 4.74. The molecule has 0 bridgehead atoms. The first-order valence-electron chi connectivity index (χ1n) is 5.52. The molecule has 2 aromatic rings. The summed E-state index contributed by atoms with van der Waals surface area (Å²) in [4.78, 5) is 10.3. The molecule has 1 N–H and O–H groups in total. The maximum atomic E-state index is 10.8. The van der Waals surface area contributed by atoms with Crippen LogP contribution in [0.4, 0.5) is 5.69 Å². The maximum absolute atomic E-state index is 10.8. The van der Waals surface area contributed by atoms with Crippen LogP contribution in [0.5, 0.6) is 11.5 Å². The van der Waals surface area contributed by atoms with E-state index in [2.05, 4.69) is 31.9 Å². The van der Waals surface area contributed by atoms with Crippen molar-refractivity contribution in [1.82, 2.24) is 0 Å². The normalized spacial score (nSPS) is 10.3. The molecule has 0 aliphatic carbocycles. The SMILES string of the molecule is O=[N+]([O-])c1ccc(Br)c(Oc2ccc(Br)cc2CO)c1. The highest BCUT2D eigenvalue weighted by Gasteiger charge is 2.13. The molecule has 104 valence electrons. The fourth-order valence-electron chi connectivity index (χ4n) is 1.57. The van der Waals surface area contributed by atoms with Gasteiger partial charge in [-0.3, -0.25) is 10.1 Å². The number of rotatable bonds is 4. The summed E-state index contributed by atoms with van der Waals surface area (Å²) in [6.07, 6.45) is 0. The van der Waals surface area contributed by atoms with E-state index in [1.807, 2.05) is 0 Å². The summed E-state index contributed by atoms with van der Waals surface area (Å²) in [6.45, 7) is -0.193. The van der Waals surface area contributed by atoms with Gasteiger partial charge in [-0.25, -0.2) is 0 Å². The van der Waals surface area contributed by atoms with Crippen molar-refractivity contribution in [2.45, 2.75) is 6.61 Å². The Hall–Kier alpha value is -1.44. The first-order chi connectivity index (χ1) is 9.51. The van der Waals surface area contributed by atoms with Gasteiger partial charge in [-0.1, -0.05) is 15.9 Å². The number of hydrogen-bond donors (Lipinski definition) is 1. The Labute approximate surface area is 131 Å². The van der Waals surface area contributed by atoms with Crippen molar-refractivity contribution in [3.05, 3.63) is 61.0 Å². The molecule has 0 saturated carbocycles. The Balaban J connectivity index is 2.39. The number of ether oxygens (including phenoxy) is 1. The quantitative estimate of drug-likeness (QED) is 0.607. The zero-order valence-corrected chi connectivity index (χ0v) is 13.2. The molecule has 5 nitrogen and oxygen atoms in total. The van der Waals surface area contributed by atoms with Gasteiger partial charge >= 0.3 is 0 Å². The molecule has 2 rings (SSSR count). The molecule has 0 aliphatic rings. The number of benzene rings is 2. The summed E-state index contributed by atoms with van der Waals surface area (Å²) in [5.74, 6) is 0.758. The highest BCUT2D eigenvalue weighted by atomic mass is 79.9. The van der Waals surface area contributed by atoms with Gasteiger partial charge in [0.05, 0.1) is 22.1 Å². The smallest absolute Gasteiger partial charge is 0.273 e. The standard InChI is InChI=1S/C13H9Br2NO4/c14-9-1-4-12(8(5-9)7-17)20-13-6-10(16(18)19)2-3-11(13)15/h1-6,17H,7H2. The molecule has 7 heteroatoms. The van der Waals surface area contributed by atoms with Gasteiger partial charge in [0, 0.05) is 16.1 Å². The highest BCUT2D eigenvalue weighted by Crippen LogP contribution is 2.35. The third-order valence-electron chi connectivity index (χ3n) is 2.54. The predicted molar refractivity (Wildman–Crippen MR) is 80.9 cm³/mol. The second-order valence-electron chi connectivity index (χ2n) is 3.88. The van der Waals surface area contributed by atoms with Crippen molar-refractivity contribution < 1.29 is 14.8 Å². The largest absolute Gasteiger partial charge is 0.456 e. The van der Waals surface area contributed by atoms with E-state index in [9.17, 15) is 15.2 Å². The summed E-state index contributed by atoms with van der Waals surface area (Å²) in [5.41, 5.74) is 0.517. The molecular formula is C13H9Br2NO4. The average Bonchev–Trinajstić information content (AvgIpc) is 2.42. The second-order valence-corrected chi connectivity index (χ2v) is 5.65. The lowest BCUT2D eigenvalue weighted by molar-refractivity contribution is -0.384. The number of nitro groups is 1. The van der Waals surface area contributed by atoms with Crippen LogP contribution in [-0.4, -0.2) is 10.0 Å². The van der Waals surface area contributed by atoms with E-state index in [4.69, 9.17) is 4.74 Å². The monoisotopic (exact) mass is 401 g/mol. The third-order valence-corrected chi connectivity index (χ3v) is 3.69. The van der Waals surface area contributed by atoms with E-state index < -0.39 is 4.92 Å².